The third kappa shape index (κ3) is 6.25. The van der Waals surface area contributed by atoms with E-state index in [1.807, 2.05) is 6.92 Å². The molecule has 2 unspecified atom stereocenters. The Bertz CT molecular complexity index is 728. The van der Waals surface area contributed by atoms with E-state index in [9.17, 15) is 9.90 Å². The van der Waals surface area contributed by atoms with E-state index >= 15 is 0 Å². The minimum absolute atomic E-state index is 0.302. The minimum atomic E-state index is -0.808. The number of nitrogens with one attached hydrogen (secondary N) is 2. The van der Waals surface area contributed by atoms with Crippen LogP contribution in [0.15, 0.2) is 24.3 Å². The van der Waals surface area contributed by atoms with Crippen molar-refractivity contribution in [3.05, 3.63) is 35.7 Å². The molecule has 0 spiro atoms. The molecule has 8 heteroatoms. The quantitative estimate of drug-likeness (QED) is 0.532. The lowest BCUT2D eigenvalue weighted by molar-refractivity contribution is -0.142. The molecule has 1 fully saturated rings. The number of H-pyrrole nitrogens is 1. The molecule has 0 saturated carbocycles. The highest BCUT2D eigenvalue weighted by Gasteiger charge is 2.31. The molecular weight excluding hydrogens is 368 g/mol. The highest BCUT2D eigenvalue weighted by molar-refractivity contribution is 5.71. The van der Waals surface area contributed by atoms with Crippen molar-refractivity contribution in [3.8, 4) is 0 Å². The maximum Gasteiger partial charge on any atom is 0.307 e. The molecule has 2 aromatic rings. The van der Waals surface area contributed by atoms with Gasteiger partial charge in [0, 0.05) is 24.7 Å². The van der Waals surface area contributed by atoms with Crippen LogP contribution in [0.4, 0.5) is 5.69 Å². The van der Waals surface area contributed by atoms with Crippen LogP contribution in [0.3, 0.4) is 0 Å². The van der Waals surface area contributed by atoms with Gasteiger partial charge in [0.2, 0.25) is 0 Å². The predicted octanol–water partition coefficient (Wildman–Crippen LogP) is 2.92. The zero-order valence-corrected chi connectivity index (χ0v) is 17.2. The molecule has 1 aliphatic heterocycles. The van der Waals surface area contributed by atoms with Crippen molar-refractivity contribution in [1.82, 2.24) is 25.5 Å². The molecule has 29 heavy (non-hydrogen) atoms. The number of hydrogen-bond donors (Lipinski definition) is 3. The summed E-state index contributed by atoms with van der Waals surface area (Å²) in [5.74, 6) is -1.17. The molecule has 0 amide bonds. The molecular formula is C21H32N6O2. The third-order valence-electron chi connectivity index (χ3n) is 5.71. The lowest BCUT2D eigenvalue weighted by Crippen LogP contribution is -2.33. The van der Waals surface area contributed by atoms with Gasteiger partial charge in [-0.1, -0.05) is 37.1 Å². The summed E-state index contributed by atoms with van der Waals surface area (Å²) in [5, 5.41) is 27.4. The van der Waals surface area contributed by atoms with Gasteiger partial charge in [0.15, 0.2) is 5.82 Å². The first kappa shape index (κ1) is 21.2. The second-order valence-electron chi connectivity index (χ2n) is 7.84. The summed E-state index contributed by atoms with van der Waals surface area (Å²) in [6, 6.07) is 8.24. The largest absolute Gasteiger partial charge is 0.481 e. The number of piperidine rings is 1. The maximum atomic E-state index is 11.8. The van der Waals surface area contributed by atoms with E-state index in [-0.39, 0.29) is 5.92 Å². The smallest absolute Gasteiger partial charge is 0.307 e. The van der Waals surface area contributed by atoms with Crippen LogP contribution in [0, 0.1) is 5.92 Å². The predicted molar refractivity (Wildman–Crippen MR) is 112 cm³/mol. The summed E-state index contributed by atoms with van der Waals surface area (Å²) in [6.45, 7) is 6.41. The molecule has 1 aliphatic rings. The van der Waals surface area contributed by atoms with E-state index in [1.165, 1.54) is 32.4 Å². The van der Waals surface area contributed by atoms with Crippen LogP contribution in [0.25, 0.3) is 0 Å². The third-order valence-corrected chi connectivity index (χ3v) is 5.71. The summed E-state index contributed by atoms with van der Waals surface area (Å²) in [4.78, 5) is 14.3. The Morgan fingerprint density at radius 2 is 2.00 bits per heavy atom. The fourth-order valence-electron chi connectivity index (χ4n) is 4.10. The minimum Gasteiger partial charge on any atom is -0.481 e. The second-order valence-corrected chi connectivity index (χ2v) is 7.84. The molecule has 0 radical (unpaired) electrons. The Hall–Kier alpha value is -2.48. The van der Waals surface area contributed by atoms with Gasteiger partial charge >= 0.3 is 5.97 Å². The number of carboxylic acids is 1. The second kappa shape index (κ2) is 10.9. The van der Waals surface area contributed by atoms with Gasteiger partial charge < -0.3 is 15.3 Å². The van der Waals surface area contributed by atoms with Crippen LogP contribution in [0.2, 0.25) is 0 Å². The Morgan fingerprint density at radius 3 is 2.62 bits per heavy atom. The van der Waals surface area contributed by atoms with E-state index in [4.69, 9.17) is 0 Å². The van der Waals surface area contributed by atoms with E-state index in [2.05, 4.69) is 55.1 Å². The molecule has 1 aromatic heterocycles. The van der Waals surface area contributed by atoms with Gasteiger partial charge in [0.1, 0.15) is 0 Å². The van der Waals surface area contributed by atoms with Crippen LogP contribution < -0.4 is 5.32 Å². The molecule has 0 aliphatic carbocycles. The molecule has 2 atom stereocenters. The van der Waals surface area contributed by atoms with Crippen LogP contribution in [0.1, 0.15) is 56.3 Å². The van der Waals surface area contributed by atoms with Crippen LogP contribution in [0.5, 0.6) is 0 Å². The van der Waals surface area contributed by atoms with Crippen molar-refractivity contribution < 1.29 is 9.90 Å². The molecule has 3 rings (SSSR count). The molecule has 3 N–H and O–H groups in total. The zero-order chi connectivity index (χ0) is 20.5. The number of carbonyl (C=O) groups is 1. The number of benzene rings is 1. The average Bonchev–Trinajstić information content (AvgIpc) is 3.27. The molecule has 8 nitrogen and oxygen atoms in total. The van der Waals surface area contributed by atoms with Crippen molar-refractivity contribution in [2.45, 2.75) is 51.4 Å². The highest BCUT2D eigenvalue weighted by atomic mass is 16.4. The zero-order valence-electron chi connectivity index (χ0n) is 17.2. The number of likely N-dealkylation sites (tertiary alicyclic amines) is 1. The maximum absolute atomic E-state index is 11.8. The number of hydrogen-bond acceptors (Lipinski definition) is 6. The number of anilines is 1. The van der Waals surface area contributed by atoms with E-state index in [0.29, 0.717) is 18.7 Å². The topological polar surface area (TPSA) is 107 Å². The summed E-state index contributed by atoms with van der Waals surface area (Å²) in [6.07, 6.45) is 5.94. The SMILES string of the molecule is CCCC(C(=O)O)C(Cc1ccc(NCCN2CCCCC2)cc1)c1nn[nH]n1. The van der Waals surface area contributed by atoms with Crippen molar-refractivity contribution in [2.24, 2.45) is 5.92 Å². The molecule has 1 saturated heterocycles. The molecule has 0 bridgehead atoms. The number of aromatic nitrogens is 4. The summed E-state index contributed by atoms with van der Waals surface area (Å²) in [7, 11) is 0. The number of aliphatic carboxylic acids is 1. The van der Waals surface area contributed by atoms with Crippen molar-refractivity contribution >= 4 is 11.7 Å². The van der Waals surface area contributed by atoms with E-state index in [1.54, 1.807) is 0 Å². The number of tetrazole rings is 1. The average molecular weight is 401 g/mol. The number of rotatable bonds is 11. The van der Waals surface area contributed by atoms with Crippen molar-refractivity contribution in [3.63, 3.8) is 0 Å². The van der Waals surface area contributed by atoms with Gasteiger partial charge in [-0.15, -0.1) is 10.2 Å². The highest BCUT2D eigenvalue weighted by Crippen LogP contribution is 2.30. The van der Waals surface area contributed by atoms with Crippen molar-refractivity contribution in [2.75, 3.05) is 31.5 Å². The van der Waals surface area contributed by atoms with Gasteiger partial charge in [0.25, 0.3) is 0 Å². The lowest BCUT2D eigenvalue weighted by Gasteiger charge is -2.26. The Labute approximate surface area is 172 Å². The Morgan fingerprint density at radius 1 is 1.24 bits per heavy atom. The van der Waals surface area contributed by atoms with Gasteiger partial charge in [-0.3, -0.25) is 4.79 Å². The monoisotopic (exact) mass is 400 g/mol. The van der Waals surface area contributed by atoms with Crippen molar-refractivity contribution in [1.29, 1.82) is 0 Å². The molecule has 1 aromatic carbocycles. The van der Waals surface area contributed by atoms with Crippen LogP contribution in [-0.2, 0) is 11.2 Å². The number of carboxylic acid groups (broad SMARTS) is 1. The summed E-state index contributed by atoms with van der Waals surface area (Å²) < 4.78 is 0. The number of aromatic amines is 1. The van der Waals surface area contributed by atoms with Crippen LogP contribution in [-0.4, -0.2) is 62.8 Å². The lowest BCUT2D eigenvalue weighted by atomic mass is 9.83. The first-order valence-electron chi connectivity index (χ1n) is 10.7. The Balaban J connectivity index is 1.59. The van der Waals surface area contributed by atoms with Gasteiger partial charge in [-0.05, 0) is 56.5 Å². The van der Waals surface area contributed by atoms with Crippen LogP contribution >= 0.6 is 0 Å². The molecule has 158 valence electrons. The summed E-state index contributed by atoms with van der Waals surface area (Å²) in [5.41, 5.74) is 2.16. The summed E-state index contributed by atoms with van der Waals surface area (Å²) >= 11 is 0. The van der Waals surface area contributed by atoms with E-state index in [0.717, 1.165) is 30.8 Å². The fraction of sp³-hybridized carbons (Fsp3) is 0.619. The molecule has 2 heterocycles. The normalized spacial score (nSPS) is 17.0. The van der Waals surface area contributed by atoms with Gasteiger partial charge in [0.05, 0.1) is 5.92 Å². The first-order valence-corrected chi connectivity index (χ1v) is 10.7. The van der Waals surface area contributed by atoms with E-state index < -0.39 is 11.9 Å². The fourth-order valence-corrected chi connectivity index (χ4v) is 4.10. The van der Waals surface area contributed by atoms with Gasteiger partial charge in [-0.2, -0.15) is 5.21 Å². The van der Waals surface area contributed by atoms with Gasteiger partial charge in [-0.25, -0.2) is 0 Å². The standard InChI is InChI=1S/C21H32N6O2/c1-2-6-18(21(28)29)19(20-23-25-26-24-20)15-16-7-9-17(10-8-16)22-11-14-27-12-4-3-5-13-27/h7-10,18-19,22H,2-6,11-15H2,1H3,(H,28,29)(H,23,24,25,26). The first-order chi connectivity index (χ1) is 14.2. The Kier molecular flexibility index (Phi) is 7.98. The number of nitrogens with zero attached hydrogens (tertiary/aromatic N) is 4.